The molecule has 2 saturated carbocycles. The number of carbonyl (C=O) groups excluding carboxylic acids is 2. The molecule has 0 aliphatic heterocycles. The number of aromatic nitrogens is 3. The molecule has 10 heteroatoms. The van der Waals surface area contributed by atoms with Gasteiger partial charge in [0.25, 0.3) is 11.8 Å². The van der Waals surface area contributed by atoms with E-state index >= 15 is 0 Å². The molecular weight excluding hydrogens is 451 g/mol. The van der Waals surface area contributed by atoms with Crippen molar-refractivity contribution in [1.82, 2.24) is 20.1 Å². The molecule has 0 saturated heterocycles. The standard InChI is InChI=1S/C25H25FN6O3/c1-24(2,13-27)32-19-8-14(26)5-6-17(19)20(31-32)22(34)30-15-9-25(10-15)11-16(12-25)35-23-18(21(28)33)4-3-7-29-23/h3-8,15-16H,9-12H2,1-2H3,(H2,28,33)(H,30,34). The number of rotatable bonds is 6. The predicted molar refractivity (Wildman–Crippen MR) is 124 cm³/mol. The monoisotopic (exact) mass is 476 g/mol. The third-order valence-corrected chi connectivity index (χ3v) is 6.99. The number of ether oxygens (including phenoxy) is 1. The number of pyridine rings is 1. The Morgan fingerprint density at radius 3 is 2.71 bits per heavy atom. The minimum absolute atomic E-state index is 0.0101. The molecule has 1 spiro atoms. The van der Waals surface area contributed by atoms with E-state index in [1.54, 1.807) is 32.2 Å². The Morgan fingerprint density at radius 1 is 1.29 bits per heavy atom. The SMILES string of the molecule is CC(C)(C#N)n1nc(C(=O)NC2CC3(C2)CC(Oc2ncccc2C(N)=O)C3)c2ccc(F)cc21. The Hall–Kier alpha value is -4.00. The van der Waals surface area contributed by atoms with Crippen LogP contribution < -0.4 is 15.8 Å². The maximum atomic E-state index is 13.9. The van der Waals surface area contributed by atoms with Gasteiger partial charge in [0.1, 0.15) is 23.0 Å². The van der Waals surface area contributed by atoms with E-state index in [1.165, 1.54) is 22.9 Å². The summed E-state index contributed by atoms with van der Waals surface area (Å²) in [5, 5.41) is 17.4. The van der Waals surface area contributed by atoms with Gasteiger partial charge >= 0.3 is 0 Å². The summed E-state index contributed by atoms with van der Waals surface area (Å²) < 4.78 is 21.2. The van der Waals surface area contributed by atoms with E-state index in [0.717, 1.165) is 25.7 Å². The molecule has 2 heterocycles. The Balaban J connectivity index is 1.22. The number of nitriles is 1. The first kappa shape index (κ1) is 22.8. The van der Waals surface area contributed by atoms with Crippen LogP contribution in [0.1, 0.15) is 60.4 Å². The zero-order valence-corrected chi connectivity index (χ0v) is 19.4. The van der Waals surface area contributed by atoms with Crippen molar-refractivity contribution in [3.05, 3.63) is 53.6 Å². The van der Waals surface area contributed by atoms with Gasteiger partial charge in [-0.25, -0.2) is 14.1 Å². The fourth-order valence-corrected chi connectivity index (χ4v) is 5.22. The number of nitrogens with two attached hydrogens (primary N) is 1. The number of hydrogen-bond acceptors (Lipinski definition) is 6. The first-order chi connectivity index (χ1) is 16.6. The summed E-state index contributed by atoms with van der Waals surface area (Å²) in [5.41, 5.74) is 5.27. The van der Waals surface area contributed by atoms with Crippen LogP contribution in [0, 0.1) is 22.6 Å². The highest BCUT2D eigenvalue weighted by molar-refractivity contribution is 6.05. The number of carbonyl (C=O) groups is 2. The van der Waals surface area contributed by atoms with Crippen LogP contribution in [0.15, 0.2) is 36.5 Å². The maximum Gasteiger partial charge on any atom is 0.272 e. The summed E-state index contributed by atoms with van der Waals surface area (Å²) in [6, 6.07) is 9.45. The summed E-state index contributed by atoms with van der Waals surface area (Å²) >= 11 is 0. The number of primary amides is 1. The van der Waals surface area contributed by atoms with Crippen molar-refractivity contribution in [1.29, 1.82) is 5.26 Å². The van der Waals surface area contributed by atoms with Gasteiger partial charge in [0.15, 0.2) is 5.69 Å². The van der Waals surface area contributed by atoms with E-state index in [2.05, 4.69) is 21.5 Å². The van der Waals surface area contributed by atoms with Crippen LogP contribution in [0.4, 0.5) is 4.39 Å². The molecular formula is C25H25FN6O3. The molecule has 5 rings (SSSR count). The van der Waals surface area contributed by atoms with Crippen LogP contribution >= 0.6 is 0 Å². The summed E-state index contributed by atoms with van der Waals surface area (Å²) in [4.78, 5) is 28.7. The highest BCUT2D eigenvalue weighted by Crippen LogP contribution is 2.56. The lowest BCUT2D eigenvalue weighted by molar-refractivity contribution is -0.0848. The lowest BCUT2D eigenvalue weighted by Gasteiger charge is -2.57. The third-order valence-electron chi connectivity index (χ3n) is 6.99. The van der Waals surface area contributed by atoms with Gasteiger partial charge in [-0.2, -0.15) is 10.4 Å². The topological polar surface area (TPSA) is 136 Å². The molecule has 2 aromatic heterocycles. The summed E-state index contributed by atoms with van der Waals surface area (Å²) in [5.74, 6) is -1.14. The molecule has 2 aliphatic carbocycles. The molecule has 2 amide bonds. The lowest BCUT2D eigenvalue weighted by Crippen LogP contribution is -2.58. The number of nitrogens with zero attached hydrogens (tertiary/aromatic N) is 4. The number of hydrogen-bond donors (Lipinski definition) is 2. The zero-order chi connectivity index (χ0) is 25.0. The molecule has 9 nitrogen and oxygen atoms in total. The fourth-order valence-electron chi connectivity index (χ4n) is 5.22. The van der Waals surface area contributed by atoms with Gasteiger partial charge in [0.2, 0.25) is 5.88 Å². The highest BCUT2D eigenvalue weighted by Gasteiger charge is 2.54. The first-order valence-corrected chi connectivity index (χ1v) is 11.4. The first-order valence-electron chi connectivity index (χ1n) is 11.4. The second-order valence-electron chi connectivity index (χ2n) is 10.0. The molecule has 0 unspecified atom stereocenters. The van der Waals surface area contributed by atoms with Crippen molar-refractivity contribution < 1.29 is 18.7 Å². The molecule has 1 aromatic carbocycles. The van der Waals surface area contributed by atoms with E-state index in [-0.39, 0.29) is 40.6 Å². The molecule has 2 aliphatic rings. The van der Waals surface area contributed by atoms with Crippen LogP contribution in [0.3, 0.4) is 0 Å². The van der Waals surface area contributed by atoms with Crippen LogP contribution in [0.25, 0.3) is 10.9 Å². The maximum absolute atomic E-state index is 13.9. The van der Waals surface area contributed by atoms with Crippen molar-refractivity contribution in [2.24, 2.45) is 11.1 Å². The Labute approximate surface area is 201 Å². The van der Waals surface area contributed by atoms with Gasteiger partial charge in [-0.3, -0.25) is 9.59 Å². The second kappa shape index (κ2) is 8.05. The predicted octanol–water partition coefficient (Wildman–Crippen LogP) is 3.05. The minimum Gasteiger partial charge on any atom is -0.474 e. The van der Waals surface area contributed by atoms with E-state index in [0.29, 0.717) is 10.9 Å². The van der Waals surface area contributed by atoms with Crippen molar-refractivity contribution in [2.45, 2.75) is 57.2 Å². The molecule has 3 N–H and O–H groups in total. The molecule has 35 heavy (non-hydrogen) atoms. The van der Waals surface area contributed by atoms with Crippen LogP contribution in [0.5, 0.6) is 5.88 Å². The van der Waals surface area contributed by atoms with Crippen molar-refractivity contribution in [3.63, 3.8) is 0 Å². The number of nitrogens with one attached hydrogen (secondary N) is 1. The van der Waals surface area contributed by atoms with Crippen molar-refractivity contribution in [3.8, 4) is 11.9 Å². The van der Waals surface area contributed by atoms with Gasteiger partial charge in [-0.1, -0.05) is 0 Å². The highest BCUT2D eigenvalue weighted by atomic mass is 19.1. The molecule has 0 atom stereocenters. The summed E-state index contributed by atoms with van der Waals surface area (Å²) in [7, 11) is 0. The van der Waals surface area contributed by atoms with E-state index in [1.807, 2.05) is 0 Å². The van der Waals surface area contributed by atoms with Gasteiger partial charge in [-0.15, -0.1) is 0 Å². The molecule has 3 aromatic rings. The molecule has 180 valence electrons. The van der Waals surface area contributed by atoms with E-state index in [9.17, 15) is 19.2 Å². The van der Waals surface area contributed by atoms with Crippen LogP contribution in [-0.2, 0) is 5.54 Å². The van der Waals surface area contributed by atoms with E-state index < -0.39 is 17.3 Å². The smallest absolute Gasteiger partial charge is 0.272 e. The Morgan fingerprint density at radius 2 is 2.03 bits per heavy atom. The summed E-state index contributed by atoms with van der Waals surface area (Å²) in [6.07, 6.45) is 4.73. The van der Waals surface area contributed by atoms with Crippen molar-refractivity contribution in [2.75, 3.05) is 0 Å². The summed E-state index contributed by atoms with van der Waals surface area (Å²) in [6.45, 7) is 3.32. The van der Waals surface area contributed by atoms with Crippen LogP contribution in [0.2, 0.25) is 0 Å². The quantitative estimate of drug-likeness (QED) is 0.561. The van der Waals surface area contributed by atoms with Gasteiger partial charge in [0.05, 0.1) is 11.6 Å². The molecule has 0 bridgehead atoms. The Bertz CT molecular complexity index is 1380. The average molecular weight is 477 g/mol. The second-order valence-corrected chi connectivity index (χ2v) is 10.0. The lowest BCUT2D eigenvalue weighted by atomic mass is 9.53. The van der Waals surface area contributed by atoms with Crippen molar-refractivity contribution >= 4 is 22.7 Å². The van der Waals surface area contributed by atoms with Crippen LogP contribution in [-0.4, -0.2) is 38.7 Å². The van der Waals surface area contributed by atoms with E-state index in [4.69, 9.17) is 10.5 Å². The fraction of sp³-hybridized carbons (Fsp3) is 0.400. The largest absolute Gasteiger partial charge is 0.474 e. The normalized spacial score (nSPS) is 23.3. The third kappa shape index (κ3) is 3.97. The zero-order valence-electron chi connectivity index (χ0n) is 19.4. The van der Waals surface area contributed by atoms with Gasteiger partial charge in [0, 0.05) is 17.6 Å². The van der Waals surface area contributed by atoms with Gasteiger partial charge in [-0.05, 0) is 75.3 Å². The Kier molecular flexibility index (Phi) is 5.24. The molecule has 0 radical (unpaired) electrons. The minimum atomic E-state index is -1.05. The molecule has 2 fully saturated rings. The number of fused-ring (bicyclic) bond motifs is 1. The number of halogens is 1. The number of amides is 2. The number of benzene rings is 1. The average Bonchev–Trinajstić information content (AvgIpc) is 3.16. The van der Waals surface area contributed by atoms with Gasteiger partial charge < -0.3 is 15.8 Å².